The summed E-state index contributed by atoms with van der Waals surface area (Å²) < 4.78 is 0. The maximum Gasteiger partial charge on any atom is 0.230 e. The second kappa shape index (κ2) is 4.09. The second-order valence-corrected chi connectivity index (χ2v) is 5.98. The summed E-state index contributed by atoms with van der Waals surface area (Å²) in [6.07, 6.45) is 1.94. The smallest absolute Gasteiger partial charge is 0.230 e. The molecule has 0 saturated carbocycles. The highest BCUT2D eigenvalue weighted by atomic mass is 16.2. The van der Waals surface area contributed by atoms with Gasteiger partial charge in [0.15, 0.2) is 0 Å². The quantitative estimate of drug-likeness (QED) is 0.857. The van der Waals surface area contributed by atoms with Gasteiger partial charge in [0.1, 0.15) is 0 Å². The van der Waals surface area contributed by atoms with Crippen LogP contribution in [-0.4, -0.2) is 30.4 Å². The maximum absolute atomic E-state index is 12.5. The Bertz CT molecular complexity index is 485. The number of fused-ring (bicyclic) bond motifs is 1. The Morgan fingerprint density at radius 1 is 1.50 bits per heavy atom. The zero-order chi connectivity index (χ0) is 12.8. The number of carbonyl (C=O) groups is 1. The van der Waals surface area contributed by atoms with Crippen LogP contribution in [-0.2, 0) is 11.2 Å². The van der Waals surface area contributed by atoms with Crippen molar-refractivity contribution in [2.45, 2.75) is 25.7 Å². The van der Waals surface area contributed by atoms with Gasteiger partial charge >= 0.3 is 0 Å². The molecule has 0 bridgehead atoms. The van der Waals surface area contributed by atoms with E-state index in [1.165, 1.54) is 11.1 Å². The van der Waals surface area contributed by atoms with Crippen molar-refractivity contribution in [3.05, 3.63) is 35.4 Å². The Hall–Kier alpha value is -1.35. The minimum atomic E-state index is 0.0984. The summed E-state index contributed by atoms with van der Waals surface area (Å²) in [5.41, 5.74) is 8.47. The molecule has 1 aliphatic carbocycles. The molecule has 1 aromatic rings. The van der Waals surface area contributed by atoms with Crippen molar-refractivity contribution >= 4 is 5.91 Å². The molecule has 3 rings (SSSR count). The van der Waals surface area contributed by atoms with E-state index in [9.17, 15) is 4.79 Å². The lowest BCUT2D eigenvalue weighted by Crippen LogP contribution is -2.40. The molecule has 1 aliphatic heterocycles. The van der Waals surface area contributed by atoms with Gasteiger partial charge in [0.25, 0.3) is 0 Å². The van der Waals surface area contributed by atoms with E-state index in [2.05, 4.69) is 19.1 Å². The Morgan fingerprint density at radius 3 is 2.94 bits per heavy atom. The van der Waals surface area contributed by atoms with E-state index in [1.54, 1.807) is 0 Å². The van der Waals surface area contributed by atoms with E-state index in [4.69, 9.17) is 5.73 Å². The highest BCUT2D eigenvalue weighted by Gasteiger charge is 2.40. The molecule has 0 aromatic heterocycles. The topological polar surface area (TPSA) is 46.3 Å². The predicted octanol–water partition coefficient (Wildman–Crippen LogP) is 1.52. The molecule has 0 spiro atoms. The SMILES string of the molecule is CC1(CN)CCN(C(=O)C2Cc3ccccc32)C1. The van der Waals surface area contributed by atoms with Crippen LogP contribution >= 0.6 is 0 Å². The molecule has 1 aromatic carbocycles. The third kappa shape index (κ3) is 1.74. The summed E-state index contributed by atoms with van der Waals surface area (Å²) in [6, 6.07) is 8.26. The lowest BCUT2D eigenvalue weighted by Gasteiger charge is -2.33. The molecule has 3 nitrogen and oxygen atoms in total. The third-order valence-electron chi connectivity index (χ3n) is 4.51. The highest BCUT2D eigenvalue weighted by molar-refractivity contribution is 5.87. The van der Waals surface area contributed by atoms with Gasteiger partial charge in [-0.15, -0.1) is 0 Å². The number of hydrogen-bond acceptors (Lipinski definition) is 2. The van der Waals surface area contributed by atoms with Gasteiger partial charge in [-0.2, -0.15) is 0 Å². The molecule has 18 heavy (non-hydrogen) atoms. The van der Waals surface area contributed by atoms with Gasteiger partial charge in [-0.05, 0) is 35.9 Å². The largest absolute Gasteiger partial charge is 0.342 e. The van der Waals surface area contributed by atoms with Crippen molar-refractivity contribution in [2.75, 3.05) is 19.6 Å². The van der Waals surface area contributed by atoms with Crippen LogP contribution in [0.25, 0.3) is 0 Å². The van der Waals surface area contributed by atoms with Crippen molar-refractivity contribution in [1.29, 1.82) is 0 Å². The minimum absolute atomic E-state index is 0.0984. The number of rotatable bonds is 2. The molecule has 2 unspecified atom stereocenters. The maximum atomic E-state index is 12.5. The Kier molecular flexibility index (Phi) is 2.67. The highest BCUT2D eigenvalue weighted by Crippen LogP contribution is 2.38. The summed E-state index contributed by atoms with van der Waals surface area (Å²) in [5.74, 6) is 0.396. The van der Waals surface area contributed by atoms with Crippen molar-refractivity contribution in [1.82, 2.24) is 4.90 Å². The van der Waals surface area contributed by atoms with Gasteiger partial charge in [-0.1, -0.05) is 31.2 Å². The summed E-state index contributed by atoms with van der Waals surface area (Å²) in [6.45, 7) is 4.53. The van der Waals surface area contributed by atoms with Crippen LogP contribution in [0, 0.1) is 5.41 Å². The molecule has 96 valence electrons. The lowest BCUT2D eigenvalue weighted by atomic mass is 9.77. The first-order valence-corrected chi connectivity index (χ1v) is 6.70. The summed E-state index contributed by atoms with van der Waals surface area (Å²) in [5, 5.41) is 0. The van der Waals surface area contributed by atoms with Gasteiger partial charge < -0.3 is 10.6 Å². The standard InChI is InChI=1S/C15H20N2O/c1-15(9-16)6-7-17(10-15)14(18)13-8-11-4-2-3-5-12(11)13/h2-5,13H,6-10,16H2,1H3. The first-order chi connectivity index (χ1) is 8.63. The number of likely N-dealkylation sites (tertiary alicyclic amines) is 1. The number of nitrogens with zero attached hydrogens (tertiary/aromatic N) is 1. The van der Waals surface area contributed by atoms with Crippen LogP contribution in [0.15, 0.2) is 24.3 Å². The fraction of sp³-hybridized carbons (Fsp3) is 0.533. The van der Waals surface area contributed by atoms with Crippen LogP contribution in [0.3, 0.4) is 0 Å². The first kappa shape index (κ1) is 11.7. The molecule has 1 fully saturated rings. The van der Waals surface area contributed by atoms with E-state index in [1.807, 2.05) is 17.0 Å². The average molecular weight is 244 g/mol. The zero-order valence-electron chi connectivity index (χ0n) is 10.9. The summed E-state index contributed by atoms with van der Waals surface area (Å²) >= 11 is 0. The molecule has 3 heteroatoms. The number of amides is 1. The molecular weight excluding hydrogens is 224 g/mol. The fourth-order valence-corrected chi connectivity index (χ4v) is 3.08. The van der Waals surface area contributed by atoms with E-state index in [0.717, 1.165) is 25.9 Å². The lowest BCUT2D eigenvalue weighted by molar-refractivity contribution is -0.132. The second-order valence-electron chi connectivity index (χ2n) is 5.98. The number of nitrogens with two attached hydrogens (primary N) is 1. The summed E-state index contributed by atoms with van der Waals surface area (Å²) in [4.78, 5) is 14.5. The summed E-state index contributed by atoms with van der Waals surface area (Å²) in [7, 11) is 0. The minimum Gasteiger partial charge on any atom is -0.342 e. The van der Waals surface area contributed by atoms with Crippen molar-refractivity contribution in [3.8, 4) is 0 Å². The molecule has 2 N–H and O–H groups in total. The van der Waals surface area contributed by atoms with E-state index >= 15 is 0 Å². The van der Waals surface area contributed by atoms with Gasteiger partial charge in [0.2, 0.25) is 5.91 Å². The van der Waals surface area contributed by atoms with Crippen molar-refractivity contribution in [3.63, 3.8) is 0 Å². The molecule has 1 saturated heterocycles. The molecular formula is C15H20N2O. The zero-order valence-corrected chi connectivity index (χ0v) is 10.9. The fourth-order valence-electron chi connectivity index (χ4n) is 3.08. The van der Waals surface area contributed by atoms with E-state index in [-0.39, 0.29) is 11.3 Å². The molecule has 2 atom stereocenters. The van der Waals surface area contributed by atoms with Crippen LogP contribution in [0.5, 0.6) is 0 Å². The molecule has 2 aliphatic rings. The molecule has 0 radical (unpaired) electrons. The number of benzene rings is 1. The van der Waals surface area contributed by atoms with Crippen LogP contribution in [0.1, 0.15) is 30.4 Å². The first-order valence-electron chi connectivity index (χ1n) is 6.70. The Balaban J connectivity index is 1.72. The Morgan fingerprint density at radius 2 is 2.28 bits per heavy atom. The average Bonchev–Trinajstić information content (AvgIpc) is 2.74. The van der Waals surface area contributed by atoms with Crippen molar-refractivity contribution in [2.24, 2.45) is 11.1 Å². The number of carbonyl (C=O) groups excluding carboxylic acids is 1. The van der Waals surface area contributed by atoms with Gasteiger partial charge in [0, 0.05) is 13.1 Å². The van der Waals surface area contributed by atoms with Crippen molar-refractivity contribution < 1.29 is 4.79 Å². The monoisotopic (exact) mass is 244 g/mol. The number of hydrogen-bond donors (Lipinski definition) is 1. The van der Waals surface area contributed by atoms with E-state index in [0.29, 0.717) is 12.5 Å². The normalized spacial score (nSPS) is 29.9. The van der Waals surface area contributed by atoms with Crippen LogP contribution < -0.4 is 5.73 Å². The molecule has 1 amide bonds. The van der Waals surface area contributed by atoms with Crippen LogP contribution in [0.4, 0.5) is 0 Å². The van der Waals surface area contributed by atoms with Gasteiger partial charge in [-0.25, -0.2) is 0 Å². The van der Waals surface area contributed by atoms with Crippen LogP contribution in [0.2, 0.25) is 0 Å². The van der Waals surface area contributed by atoms with E-state index < -0.39 is 0 Å². The third-order valence-corrected chi connectivity index (χ3v) is 4.51. The predicted molar refractivity (Wildman–Crippen MR) is 71.2 cm³/mol. The Labute approximate surface area is 108 Å². The van der Waals surface area contributed by atoms with Gasteiger partial charge in [0.05, 0.1) is 5.92 Å². The van der Waals surface area contributed by atoms with Gasteiger partial charge in [-0.3, -0.25) is 4.79 Å². The molecule has 1 heterocycles.